The molecule has 0 saturated heterocycles. The van der Waals surface area contributed by atoms with E-state index in [0.29, 0.717) is 56.2 Å². The van der Waals surface area contributed by atoms with Gasteiger partial charge in [0.15, 0.2) is 5.69 Å². The van der Waals surface area contributed by atoms with Crippen molar-refractivity contribution < 1.29 is 28.0 Å². The number of carbonyl (C=O) groups is 2. The second-order valence-corrected chi connectivity index (χ2v) is 17.6. The van der Waals surface area contributed by atoms with Crippen LogP contribution in [0.25, 0.3) is 0 Å². The average molecular weight is 748 g/mol. The number of anilines is 1. The first-order valence-electron chi connectivity index (χ1n) is 18.4. The van der Waals surface area contributed by atoms with Crippen molar-refractivity contribution in [2.24, 2.45) is 22.1 Å². The first-order chi connectivity index (χ1) is 25.1. The van der Waals surface area contributed by atoms with E-state index in [4.69, 9.17) is 25.8 Å². The van der Waals surface area contributed by atoms with Gasteiger partial charge in [-0.2, -0.15) is 5.10 Å². The van der Waals surface area contributed by atoms with Crippen molar-refractivity contribution in [3.05, 3.63) is 82.0 Å². The van der Waals surface area contributed by atoms with Crippen LogP contribution in [0.4, 0.5) is 5.69 Å². The van der Waals surface area contributed by atoms with Gasteiger partial charge in [0.05, 0.1) is 30.8 Å². The van der Waals surface area contributed by atoms with Gasteiger partial charge in [0.1, 0.15) is 15.7 Å². The largest absolute Gasteiger partial charge is 0.490 e. The molecule has 3 aliphatic heterocycles. The van der Waals surface area contributed by atoms with Crippen molar-refractivity contribution in [2.45, 2.75) is 69.9 Å². The van der Waals surface area contributed by atoms with Crippen LogP contribution in [0.15, 0.2) is 59.0 Å². The highest BCUT2D eigenvalue weighted by Crippen LogP contribution is 2.47. The molecule has 8 rings (SSSR count). The Balaban J connectivity index is 1.18. The topological polar surface area (TPSA) is 124 Å². The zero-order chi connectivity index (χ0) is 36.0. The highest BCUT2D eigenvalue weighted by atomic mass is 35.5. The number of nitrogens with zero attached hydrogens (tertiary/aromatic N) is 4. The van der Waals surface area contributed by atoms with E-state index < -0.39 is 21.7 Å². The van der Waals surface area contributed by atoms with E-state index in [2.05, 4.69) is 43.4 Å². The molecular weight excluding hydrogens is 702 g/mol. The summed E-state index contributed by atoms with van der Waals surface area (Å²) in [5.41, 5.74) is 3.43. The molecule has 2 bridgehead atoms. The summed E-state index contributed by atoms with van der Waals surface area (Å²) >= 11 is 6.46. The fourth-order valence-electron chi connectivity index (χ4n) is 8.74. The van der Waals surface area contributed by atoms with Gasteiger partial charge in [-0.1, -0.05) is 36.7 Å². The molecule has 2 amide bonds. The summed E-state index contributed by atoms with van der Waals surface area (Å²) < 4.78 is 41.5. The lowest BCUT2D eigenvalue weighted by atomic mass is 9.68. The number of amides is 2. The SMILES string of the molecule is CO[C@H]1/C=C\C[C@H](C)CS(=O)(NC(=O)c2cc3n(n2)CCCO3)=NC(=O)c2ccc3c(c2)N(C[C@@H]2CC[C@H]21)C[C@@]1(CCCc2cc(Cl)ccc21)CO3. The van der Waals surface area contributed by atoms with Crippen molar-refractivity contribution >= 4 is 39.0 Å². The number of carbonyl (C=O) groups excluding carboxylic acids is 2. The number of ether oxygens (including phenoxy) is 3. The molecule has 2 aromatic carbocycles. The molecule has 0 radical (unpaired) electrons. The molecule has 1 N–H and O–H groups in total. The van der Waals surface area contributed by atoms with Gasteiger partial charge >= 0.3 is 0 Å². The summed E-state index contributed by atoms with van der Waals surface area (Å²) in [4.78, 5) is 29.9. The highest BCUT2D eigenvalue weighted by Gasteiger charge is 2.44. The first-order valence-corrected chi connectivity index (χ1v) is 20.5. The van der Waals surface area contributed by atoms with Crippen molar-refractivity contribution in [3.63, 3.8) is 0 Å². The van der Waals surface area contributed by atoms with Crippen LogP contribution in [-0.2, 0) is 33.0 Å². The zero-order valence-electron chi connectivity index (χ0n) is 29.7. The Kier molecular flexibility index (Phi) is 9.59. The average Bonchev–Trinajstić information content (AvgIpc) is 3.49. The predicted octanol–water partition coefficient (Wildman–Crippen LogP) is 6.38. The number of hydrogen-bond donors (Lipinski definition) is 1. The molecule has 52 heavy (non-hydrogen) atoms. The van der Waals surface area contributed by atoms with Crippen LogP contribution in [0.3, 0.4) is 0 Å². The molecule has 6 atom stereocenters. The van der Waals surface area contributed by atoms with Crippen LogP contribution in [0.5, 0.6) is 11.6 Å². The lowest BCUT2D eigenvalue weighted by molar-refractivity contribution is 0.0131. The minimum absolute atomic E-state index is 0.0191. The fourth-order valence-corrected chi connectivity index (χ4v) is 10.8. The Morgan fingerprint density at radius 3 is 2.83 bits per heavy atom. The summed E-state index contributed by atoms with van der Waals surface area (Å²) in [5, 5.41) is 5.10. The van der Waals surface area contributed by atoms with E-state index in [1.54, 1.807) is 17.9 Å². The molecule has 1 saturated carbocycles. The minimum Gasteiger partial charge on any atom is -0.490 e. The third-order valence-corrected chi connectivity index (χ3v) is 13.7. The number of nitrogens with one attached hydrogen (secondary N) is 1. The maximum atomic E-state index is 14.6. The summed E-state index contributed by atoms with van der Waals surface area (Å²) in [7, 11) is -1.81. The van der Waals surface area contributed by atoms with Crippen LogP contribution >= 0.6 is 11.6 Å². The first kappa shape index (κ1) is 35.2. The number of aryl methyl sites for hydroxylation is 2. The molecule has 1 aromatic heterocycles. The number of rotatable bonds is 3. The standard InChI is InChI=1S/C39H46ClN5O6S/c1-25-6-3-8-34(49-2)30-12-9-28(30)21-44-23-39(15-4-7-26-18-29(40)11-13-31(26)39)24-51-35-14-10-27(19-33(35)44)37(46)42-52(48,22-25)43-38(47)32-20-36-45(41-32)16-5-17-50-36/h3,8,10-11,13-14,18-20,25,28,30,34H,4-7,9,12,15-17,21-24H2,1-2H3,(H,42,43,46,47,48)/b8-3-/t25-,28-,30+,34-,39-,52?/m0/s1. The number of halogens is 1. The highest BCUT2D eigenvalue weighted by molar-refractivity contribution is 7.92. The number of aromatic nitrogens is 2. The summed E-state index contributed by atoms with van der Waals surface area (Å²) in [5.74, 6) is 0.385. The number of fused-ring (bicyclic) bond motifs is 5. The fraction of sp³-hybridized carbons (Fsp3) is 0.513. The van der Waals surface area contributed by atoms with Crippen LogP contribution in [-0.4, -0.2) is 71.1 Å². The lowest BCUT2D eigenvalue weighted by Crippen LogP contribution is -2.49. The van der Waals surface area contributed by atoms with Crippen molar-refractivity contribution in [2.75, 3.05) is 44.1 Å². The maximum absolute atomic E-state index is 14.6. The summed E-state index contributed by atoms with van der Waals surface area (Å²) in [6.07, 6.45) is 10.6. The Labute approximate surface area is 310 Å². The van der Waals surface area contributed by atoms with E-state index in [1.165, 1.54) is 17.2 Å². The molecule has 5 aliphatic rings. The molecule has 1 spiro atoms. The molecule has 13 heteroatoms. The van der Waals surface area contributed by atoms with Gasteiger partial charge < -0.3 is 19.1 Å². The monoisotopic (exact) mass is 747 g/mol. The number of benzene rings is 2. The molecule has 1 fully saturated rings. The molecule has 2 aliphatic carbocycles. The smallest absolute Gasteiger partial charge is 0.286 e. The minimum atomic E-state index is -3.58. The number of allylic oxidation sites excluding steroid dienone is 1. The molecule has 276 valence electrons. The second-order valence-electron chi connectivity index (χ2n) is 15.2. The van der Waals surface area contributed by atoms with Gasteiger partial charge in [-0.3, -0.25) is 14.3 Å². The van der Waals surface area contributed by atoms with Gasteiger partial charge in [-0.15, -0.1) is 4.36 Å². The maximum Gasteiger partial charge on any atom is 0.286 e. The molecule has 1 unspecified atom stereocenters. The van der Waals surface area contributed by atoms with Gasteiger partial charge in [-0.25, -0.2) is 8.89 Å². The van der Waals surface area contributed by atoms with Crippen LogP contribution in [0.1, 0.15) is 77.4 Å². The number of hydrogen-bond acceptors (Lipinski definition) is 8. The van der Waals surface area contributed by atoms with Crippen LogP contribution in [0, 0.1) is 17.8 Å². The molecule has 4 heterocycles. The summed E-state index contributed by atoms with van der Waals surface area (Å²) in [6, 6.07) is 13.1. The van der Waals surface area contributed by atoms with Gasteiger partial charge in [0.25, 0.3) is 11.8 Å². The lowest BCUT2D eigenvalue weighted by Gasteiger charge is -2.46. The Morgan fingerprint density at radius 1 is 1.13 bits per heavy atom. The van der Waals surface area contributed by atoms with Crippen LogP contribution in [0.2, 0.25) is 5.02 Å². The van der Waals surface area contributed by atoms with E-state index in [0.717, 1.165) is 55.8 Å². The molecule has 11 nitrogen and oxygen atoms in total. The van der Waals surface area contributed by atoms with E-state index in [-0.39, 0.29) is 34.4 Å². The Bertz CT molecular complexity index is 2020. The zero-order valence-corrected chi connectivity index (χ0v) is 31.3. The van der Waals surface area contributed by atoms with E-state index >= 15 is 0 Å². The van der Waals surface area contributed by atoms with Crippen molar-refractivity contribution in [3.8, 4) is 11.6 Å². The van der Waals surface area contributed by atoms with E-state index in [9.17, 15) is 13.8 Å². The normalized spacial score (nSPS) is 30.6. The quantitative estimate of drug-likeness (QED) is 0.306. The number of methoxy groups -OCH3 is 1. The Hall–Kier alpha value is -3.87. The van der Waals surface area contributed by atoms with Crippen LogP contribution < -0.4 is 19.1 Å². The van der Waals surface area contributed by atoms with Gasteiger partial charge in [-0.05, 0) is 97.7 Å². The van der Waals surface area contributed by atoms with Crippen molar-refractivity contribution in [1.29, 1.82) is 0 Å². The van der Waals surface area contributed by atoms with E-state index in [1.807, 2.05) is 25.1 Å². The third kappa shape index (κ3) is 6.85. The molecular formula is C39H46ClN5O6S. The summed E-state index contributed by atoms with van der Waals surface area (Å²) in [6.45, 7) is 5.09. The molecule has 3 aromatic rings. The predicted molar refractivity (Wildman–Crippen MR) is 200 cm³/mol. The second kappa shape index (κ2) is 14.2. The van der Waals surface area contributed by atoms with Gasteiger partial charge in [0, 0.05) is 55.2 Å². The third-order valence-electron chi connectivity index (χ3n) is 11.5. The van der Waals surface area contributed by atoms with Crippen molar-refractivity contribution in [1.82, 2.24) is 14.5 Å². The Morgan fingerprint density at radius 2 is 2.02 bits per heavy atom. The van der Waals surface area contributed by atoms with Gasteiger partial charge in [0.2, 0.25) is 5.88 Å².